The van der Waals surface area contributed by atoms with Crippen LogP contribution in [-0.2, 0) is 13.5 Å². The first-order valence-electron chi connectivity index (χ1n) is 11.6. The van der Waals surface area contributed by atoms with Gasteiger partial charge in [-0.3, -0.25) is 14.5 Å². The fourth-order valence-electron chi connectivity index (χ4n) is 4.59. The Bertz CT molecular complexity index is 1270. The molecular weight excluding hydrogens is 414 g/mol. The van der Waals surface area contributed by atoms with Gasteiger partial charge in [0, 0.05) is 49.2 Å². The van der Waals surface area contributed by atoms with Crippen molar-refractivity contribution in [1.29, 1.82) is 0 Å². The second kappa shape index (κ2) is 9.23. The standard InChI is InChI=1S/C25H29N7O/c1-3-8-31-9-6-23(7-10-31)32-17-24(28-29-32)25(33)13-22-12-20-11-18(4-5-19(20)14-26-22)21-15-27-30(2)16-21/h4-5,11-12,14-17,23H,3,6-10,13H2,1-2H3. The van der Waals surface area contributed by atoms with Gasteiger partial charge < -0.3 is 4.90 Å². The van der Waals surface area contributed by atoms with Gasteiger partial charge in [-0.25, -0.2) is 4.68 Å². The molecule has 0 atom stereocenters. The van der Waals surface area contributed by atoms with Crippen LogP contribution < -0.4 is 0 Å². The Labute approximate surface area is 193 Å². The Balaban J connectivity index is 1.28. The van der Waals surface area contributed by atoms with Crippen molar-refractivity contribution in [2.24, 2.45) is 7.05 Å². The summed E-state index contributed by atoms with van der Waals surface area (Å²) >= 11 is 0. The maximum Gasteiger partial charge on any atom is 0.190 e. The van der Waals surface area contributed by atoms with Gasteiger partial charge in [0.2, 0.25) is 0 Å². The molecule has 1 aromatic carbocycles. The lowest BCUT2D eigenvalue weighted by atomic mass is 10.0. The molecule has 0 amide bonds. The van der Waals surface area contributed by atoms with E-state index in [2.05, 4.69) is 44.4 Å². The molecule has 1 fully saturated rings. The van der Waals surface area contributed by atoms with E-state index in [0.29, 0.717) is 11.7 Å². The molecule has 1 aliphatic rings. The van der Waals surface area contributed by atoms with Crippen LogP contribution in [0.15, 0.2) is 49.1 Å². The number of carbonyl (C=O) groups is 1. The summed E-state index contributed by atoms with van der Waals surface area (Å²) in [5.41, 5.74) is 3.30. The van der Waals surface area contributed by atoms with E-state index in [-0.39, 0.29) is 12.2 Å². The number of ketones is 1. The molecule has 0 aliphatic carbocycles. The van der Waals surface area contributed by atoms with Crippen LogP contribution in [0.3, 0.4) is 0 Å². The molecule has 33 heavy (non-hydrogen) atoms. The summed E-state index contributed by atoms with van der Waals surface area (Å²) in [5.74, 6) is -0.0556. The molecule has 1 aliphatic heterocycles. The lowest BCUT2D eigenvalue weighted by Gasteiger charge is -2.31. The number of nitrogens with zero attached hydrogens (tertiary/aromatic N) is 7. The summed E-state index contributed by atoms with van der Waals surface area (Å²) < 4.78 is 3.67. The highest BCUT2D eigenvalue weighted by Gasteiger charge is 2.22. The van der Waals surface area contributed by atoms with Crippen LogP contribution in [0.25, 0.3) is 21.9 Å². The number of fused-ring (bicyclic) bond motifs is 1. The molecule has 0 saturated carbocycles. The van der Waals surface area contributed by atoms with Gasteiger partial charge >= 0.3 is 0 Å². The molecule has 1 saturated heterocycles. The zero-order valence-corrected chi connectivity index (χ0v) is 19.2. The van der Waals surface area contributed by atoms with Crippen LogP contribution in [0.2, 0.25) is 0 Å². The first-order chi connectivity index (χ1) is 16.1. The van der Waals surface area contributed by atoms with Crippen LogP contribution in [0.1, 0.15) is 48.4 Å². The highest BCUT2D eigenvalue weighted by atomic mass is 16.1. The second-order valence-electron chi connectivity index (χ2n) is 8.90. The fourth-order valence-corrected chi connectivity index (χ4v) is 4.59. The lowest BCUT2D eigenvalue weighted by Crippen LogP contribution is -2.35. The van der Waals surface area contributed by atoms with Crippen molar-refractivity contribution in [2.45, 2.75) is 38.6 Å². The fraction of sp³-hybridized carbons (Fsp3) is 0.400. The average Bonchev–Trinajstić information content (AvgIpc) is 3.49. The SMILES string of the molecule is CCCN1CCC(n2cc(C(=O)Cc3cc4cc(-c5cnn(C)c5)ccc4cn3)nn2)CC1. The predicted molar refractivity (Wildman–Crippen MR) is 127 cm³/mol. The van der Waals surface area contributed by atoms with Crippen LogP contribution in [0, 0.1) is 0 Å². The first-order valence-corrected chi connectivity index (χ1v) is 11.6. The molecule has 8 heteroatoms. The number of carbonyl (C=O) groups excluding carboxylic acids is 1. The summed E-state index contributed by atoms with van der Waals surface area (Å²) in [6.45, 7) is 5.51. The Morgan fingerprint density at radius 1 is 1.06 bits per heavy atom. The van der Waals surface area contributed by atoms with E-state index in [1.807, 2.05) is 48.6 Å². The number of Topliss-reactive ketones (excluding diaryl/α,β-unsaturated/α-hetero) is 1. The molecule has 170 valence electrons. The van der Waals surface area contributed by atoms with E-state index in [9.17, 15) is 4.79 Å². The zero-order chi connectivity index (χ0) is 22.8. The molecular formula is C25H29N7O. The van der Waals surface area contributed by atoms with Crippen molar-refractivity contribution >= 4 is 16.6 Å². The second-order valence-corrected chi connectivity index (χ2v) is 8.90. The van der Waals surface area contributed by atoms with E-state index in [1.54, 1.807) is 4.68 Å². The molecule has 4 heterocycles. The number of hydrogen-bond donors (Lipinski definition) is 0. The summed E-state index contributed by atoms with van der Waals surface area (Å²) in [6.07, 6.45) is 11.0. The zero-order valence-electron chi connectivity index (χ0n) is 19.2. The Hall–Kier alpha value is -3.39. The highest BCUT2D eigenvalue weighted by molar-refractivity contribution is 5.96. The minimum atomic E-state index is -0.0556. The normalized spacial score (nSPS) is 15.3. The summed E-state index contributed by atoms with van der Waals surface area (Å²) in [4.78, 5) is 19.9. The van der Waals surface area contributed by atoms with E-state index >= 15 is 0 Å². The largest absolute Gasteiger partial charge is 0.303 e. The van der Waals surface area contributed by atoms with Gasteiger partial charge in [0.25, 0.3) is 0 Å². The van der Waals surface area contributed by atoms with Crippen LogP contribution >= 0.6 is 0 Å². The van der Waals surface area contributed by atoms with Crippen molar-refractivity contribution in [3.63, 3.8) is 0 Å². The molecule has 3 aromatic heterocycles. The van der Waals surface area contributed by atoms with E-state index in [4.69, 9.17) is 0 Å². The summed E-state index contributed by atoms with van der Waals surface area (Å²) in [7, 11) is 1.91. The number of hydrogen-bond acceptors (Lipinski definition) is 6. The molecule has 8 nitrogen and oxygen atoms in total. The van der Waals surface area contributed by atoms with Crippen molar-refractivity contribution in [2.75, 3.05) is 19.6 Å². The van der Waals surface area contributed by atoms with Crippen molar-refractivity contribution in [1.82, 2.24) is 34.7 Å². The third-order valence-corrected chi connectivity index (χ3v) is 6.43. The quantitative estimate of drug-likeness (QED) is 0.405. The smallest absolute Gasteiger partial charge is 0.190 e. The van der Waals surface area contributed by atoms with Gasteiger partial charge in [0.15, 0.2) is 5.78 Å². The van der Waals surface area contributed by atoms with Crippen LogP contribution in [0.4, 0.5) is 0 Å². The monoisotopic (exact) mass is 443 g/mol. The Morgan fingerprint density at radius 3 is 2.67 bits per heavy atom. The predicted octanol–water partition coefficient (Wildman–Crippen LogP) is 3.70. The Morgan fingerprint density at radius 2 is 1.91 bits per heavy atom. The molecule has 5 rings (SSSR count). The van der Waals surface area contributed by atoms with Gasteiger partial charge in [0.05, 0.1) is 24.9 Å². The van der Waals surface area contributed by atoms with Crippen LogP contribution in [0.5, 0.6) is 0 Å². The third kappa shape index (κ3) is 4.71. The van der Waals surface area contributed by atoms with Gasteiger partial charge in [-0.05, 0) is 48.9 Å². The third-order valence-electron chi connectivity index (χ3n) is 6.43. The number of piperidine rings is 1. The highest BCUT2D eigenvalue weighted by Crippen LogP contribution is 2.25. The molecule has 0 radical (unpaired) electrons. The summed E-state index contributed by atoms with van der Waals surface area (Å²) in [6, 6.07) is 8.53. The van der Waals surface area contributed by atoms with E-state index < -0.39 is 0 Å². The van der Waals surface area contributed by atoms with Crippen LogP contribution in [-0.4, -0.2) is 60.1 Å². The first kappa shape index (κ1) is 21.5. The topological polar surface area (TPSA) is 81.7 Å². The number of benzene rings is 1. The molecule has 0 N–H and O–H groups in total. The minimum Gasteiger partial charge on any atom is -0.303 e. The van der Waals surface area contributed by atoms with Gasteiger partial charge in [-0.15, -0.1) is 5.10 Å². The number of aromatic nitrogens is 6. The molecule has 0 unspecified atom stereocenters. The lowest BCUT2D eigenvalue weighted by molar-refractivity contribution is 0.0987. The number of aryl methyl sites for hydroxylation is 1. The van der Waals surface area contributed by atoms with E-state index in [1.165, 1.54) is 6.42 Å². The van der Waals surface area contributed by atoms with Gasteiger partial charge in [-0.1, -0.05) is 24.3 Å². The molecule has 4 aromatic rings. The Kier molecular flexibility index (Phi) is 6.00. The molecule has 0 spiro atoms. The van der Waals surface area contributed by atoms with Crippen molar-refractivity contribution < 1.29 is 4.79 Å². The number of pyridine rings is 1. The summed E-state index contributed by atoms with van der Waals surface area (Å²) in [5, 5.41) is 14.8. The van der Waals surface area contributed by atoms with Crippen molar-refractivity contribution in [3.8, 4) is 11.1 Å². The van der Waals surface area contributed by atoms with Gasteiger partial charge in [0.1, 0.15) is 5.69 Å². The number of likely N-dealkylation sites (tertiary alicyclic amines) is 1. The van der Waals surface area contributed by atoms with Crippen molar-refractivity contribution in [3.05, 3.63) is 60.4 Å². The number of rotatable bonds is 7. The maximum absolute atomic E-state index is 12.9. The molecule has 0 bridgehead atoms. The minimum absolute atomic E-state index is 0.0556. The maximum atomic E-state index is 12.9. The van der Waals surface area contributed by atoms with Gasteiger partial charge in [-0.2, -0.15) is 5.10 Å². The van der Waals surface area contributed by atoms with E-state index in [0.717, 1.165) is 60.1 Å². The average molecular weight is 444 g/mol.